The molecule has 0 saturated heterocycles. The molecule has 0 amide bonds. The summed E-state index contributed by atoms with van der Waals surface area (Å²) in [5.74, 6) is 0.921. The fraction of sp³-hybridized carbons (Fsp3) is 0.211. The summed E-state index contributed by atoms with van der Waals surface area (Å²) < 4.78 is 5.99. The highest BCUT2D eigenvalue weighted by Crippen LogP contribution is 2.25. The summed E-state index contributed by atoms with van der Waals surface area (Å²) in [6, 6.07) is 18.7. The summed E-state index contributed by atoms with van der Waals surface area (Å²) in [4.78, 5) is 4.53. The lowest BCUT2D eigenvalue weighted by Crippen LogP contribution is -2.02. The van der Waals surface area contributed by atoms with Crippen LogP contribution in [0.4, 0.5) is 0 Å². The average molecular weight is 277 g/mol. The van der Waals surface area contributed by atoms with Crippen molar-refractivity contribution in [2.24, 2.45) is 0 Å². The van der Waals surface area contributed by atoms with Crippen LogP contribution in [0, 0.1) is 13.8 Å². The van der Waals surface area contributed by atoms with Crippen LogP contribution in [0.3, 0.4) is 0 Å². The second-order valence-corrected chi connectivity index (χ2v) is 5.36. The zero-order chi connectivity index (χ0) is 14.7. The van der Waals surface area contributed by atoms with Gasteiger partial charge in [-0.25, -0.2) is 0 Å². The molecule has 0 aliphatic rings. The van der Waals surface area contributed by atoms with Crippen molar-refractivity contribution in [1.82, 2.24) is 4.98 Å². The van der Waals surface area contributed by atoms with Gasteiger partial charge in [-0.1, -0.05) is 42.0 Å². The maximum absolute atomic E-state index is 5.99. The minimum Gasteiger partial charge on any atom is -0.492 e. The molecule has 1 heterocycles. The molecule has 3 aromatic rings. The Morgan fingerprint density at radius 3 is 2.52 bits per heavy atom. The van der Waals surface area contributed by atoms with Crippen molar-refractivity contribution < 1.29 is 4.74 Å². The molecular formula is C19H19NO. The lowest BCUT2D eigenvalue weighted by molar-refractivity contribution is 0.325. The predicted molar refractivity (Wildman–Crippen MR) is 86.9 cm³/mol. The Morgan fingerprint density at radius 2 is 1.71 bits per heavy atom. The molecule has 106 valence electrons. The van der Waals surface area contributed by atoms with E-state index in [9.17, 15) is 0 Å². The van der Waals surface area contributed by atoms with Crippen molar-refractivity contribution >= 4 is 10.9 Å². The van der Waals surface area contributed by atoms with Gasteiger partial charge in [0.15, 0.2) is 0 Å². The molecule has 0 N–H and O–H groups in total. The summed E-state index contributed by atoms with van der Waals surface area (Å²) in [5.41, 5.74) is 4.56. The van der Waals surface area contributed by atoms with E-state index in [0.717, 1.165) is 28.8 Å². The zero-order valence-corrected chi connectivity index (χ0v) is 12.5. The van der Waals surface area contributed by atoms with Crippen molar-refractivity contribution in [3.8, 4) is 5.75 Å². The van der Waals surface area contributed by atoms with Crippen molar-refractivity contribution in [2.75, 3.05) is 6.61 Å². The van der Waals surface area contributed by atoms with Gasteiger partial charge < -0.3 is 4.74 Å². The van der Waals surface area contributed by atoms with Crippen LogP contribution in [0.15, 0.2) is 54.6 Å². The highest BCUT2D eigenvalue weighted by Gasteiger charge is 2.04. The van der Waals surface area contributed by atoms with Crippen molar-refractivity contribution in [1.29, 1.82) is 0 Å². The Morgan fingerprint density at radius 1 is 0.952 bits per heavy atom. The second-order valence-electron chi connectivity index (χ2n) is 5.36. The van der Waals surface area contributed by atoms with E-state index in [1.807, 2.05) is 31.2 Å². The minimum atomic E-state index is 0.677. The Hall–Kier alpha value is -2.35. The van der Waals surface area contributed by atoms with Crippen LogP contribution in [0.2, 0.25) is 0 Å². The summed E-state index contributed by atoms with van der Waals surface area (Å²) in [7, 11) is 0. The first-order chi connectivity index (χ1) is 10.2. The first-order valence-corrected chi connectivity index (χ1v) is 7.27. The molecule has 2 heteroatoms. The van der Waals surface area contributed by atoms with E-state index in [-0.39, 0.29) is 0 Å². The van der Waals surface area contributed by atoms with Gasteiger partial charge in [-0.05, 0) is 31.5 Å². The molecule has 2 nitrogen and oxygen atoms in total. The van der Waals surface area contributed by atoms with E-state index in [1.165, 1.54) is 11.1 Å². The van der Waals surface area contributed by atoms with Gasteiger partial charge in [0.05, 0.1) is 12.1 Å². The molecule has 0 bridgehead atoms. The molecule has 0 saturated carbocycles. The second kappa shape index (κ2) is 5.96. The number of aromatic nitrogens is 1. The van der Waals surface area contributed by atoms with Gasteiger partial charge in [0.1, 0.15) is 5.75 Å². The van der Waals surface area contributed by atoms with Crippen LogP contribution in [0.5, 0.6) is 5.75 Å². The number of aryl methyl sites for hydroxylation is 2. The molecule has 0 unspecified atom stereocenters. The number of para-hydroxylation sites is 1. The number of rotatable bonds is 4. The third kappa shape index (κ3) is 3.22. The van der Waals surface area contributed by atoms with E-state index in [4.69, 9.17) is 4.74 Å². The van der Waals surface area contributed by atoms with Crippen LogP contribution < -0.4 is 4.74 Å². The fourth-order valence-electron chi connectivity index (χ4n) is 2.42. The van der Waals surface area contributed by atoms with E-state index in [0.29, 0.717) is 6.61 Å². The molecule has 2 aromatic carbocycles. The molecule has 0 fully saturated rings. The number of hydrogen-bond acceptors (Lipinski definition) is 2. The standard InChI is InChI=1S/C19H19NO/c1-14-7-9-16(10-8-14)11-12-21-19-13-15(2)20-18-6-4-3-5-17(18)19/h3-10,13H,11-12H2,1-2H3. The SMILES string of the molecule is Cc1ccc(CCOc2cc(C)nc3ccccc23)cc1. The Bertz CT molecular complexity index is 747. The van der Waals surface area contributed by atoms with Gasteiger partial charge in [0, 0.05) is 23.6 Å². The predicted octanol–water partition coefficient (Wildman–Crippen LogP) is 4.47. The molecule has 0 spiro atoms. The smallest absolute Gasteiger partial charge is 0.130 e. The Balaban J connectivity index is 1.74. The first kappa shape index (κ1) is 13.6. The van der Waals surface area contributed by atoms with Crippen molar-refractivity contribution in [2.45, 2.75) is 20.3 Å². The van der Waals surface area contributed by atoms with E-state index >= 15 is 0 Å². The number of fused-ring (bicyclic) bond motifs is 1. The third-order valence-electron chi connectivity index (χ3n) is 3.58. The molecule has 0 aliphatic heterocycles. The number of benzene rings is 2. The summed E-state index contributed by atoms with van der Waals surface area (Å²) >= 11 is 0. The van der Waals surface area contributed by atoms with Crippen LogP contribution in [0.1, 0.15) is 16.8 Å². The Labute approximate surface area is 125 Å². The first-order valence-electron chi connectivity index (χ1n) is 7.27. The molecule has 0 radical (unpaired) electrons. The Kier molecular flexibility index (Phi) is 3.87. The molecule has 1 aromatic heterocycles. The number of ether oxygens (including phenoxy) is 1. The maximum atomic E-state index is 5.99. The maximum Gasteiger partial charge on any atom is 0.130 e. The topological polar surface area (TPSA) is 22.1 Å². The van der Waals surface area contributed by atoms with Crippen LogP contribution in [-0.2, 0) is 6.42 Å². The molecule has 21 heavy (non-hydrogen) atoms. The van der Waals surface area contributed by atoms with Gasteiger partial charge in [0.2, 0.25) is 0 Å². The van der Waals surface area contributed by atoms with Crippen molar-refractivity contribution in [3.63, 3.8) is 0 Å². The van der Waals surface area contributed by atoms with Crippen LogP contribution >= 0.6 is 0 Å². The fourth-order valence-corrected chi connectivity index (χ4v) is 2.42. The van der Waals surface area contributed by atoms with Crippen molar-refractivity contribution in [3.05, 3.63) is 71.4 Å². The van der Waals surface area contributed by atoms with Gasteiger partial charge in [-0.2, -0.15) is 0 Å². The van der Waals surface area contributed by atoms with Gasteiger partial charge in [0.25, 0.3) is 0 Å². The summed E-state index contributed by atoms with van der Waals surface area (Å²) in [6.07, 6.45) is 0.913. The molecule has 3 rings (SSSR count). The van der Waals surface area contributed by atoms with Crippen LogP contribution in [0.25, 0.3) is 10.9 Å². The largest absolute Gasteiger partial charge is 0.492 e. The quantitative estimate of drug-likeness (QED) is 0.701. The number of hydrogen-bond donors (Lipinski definition) is 0. The number of nitrogens with zero attached hydrogens (tertiary/aromatic N) is 1. The lowest BCUT2D eigenvalue weighted by Gasteiger charge is -2.10. The number of pyridine rings is 1. The highest BCUT2D eigenvalue weighted by molar-refractivity contribution is 5.85. The summed E-state index contributed by atoms with van der Waals surface area (Å²) in [5, 5.41) is 1.08. The van der Waals surface area contributed by atoms with Crippen LogP contribution in [-0.4, -0.2) is 11.6 Å². The minimum absolute atomic E-state index is 0.677. The highest BCUT2D eigenvalue weighted by atomic mass is 16.5. The zero-order valence-electron chi connectivity index (χ0n) is 12.5. The van der Waals surface area contributed by atoms with E-state index in [2.05, 4.69) is 42.2 Å². The molecule has 0 aliphatic carbocycles. The normalized spacial score (nSPS) is 10.8. The lowest BCUT2D eigenvalue weighted by atomic mass is 10.1. The molecular weight excluding hydrogens is 258 g/mol. The summed E-state index contributed by atoms with van der Waals surface area (Å²) in [6.45, 7) is 4.78. The van der Waals surface area contributed by atoms with Gasteiger partial charge >= 0.3 is 0 Å². The van der Waals surface area contributed by atoms with E-state index in [1.54, 1.807) is 0 Å². The third-order valence-corrected chi connectivity index (χ3v) is 3.58. The van der Waals surface area contributed by atoms with Gasteiger partial charge in [-0.15, -0.1) is 0 Å². The monoisotopic (exact) mass is 277 g/mol. The molecule has 0 atom stereocenters. The van der Waals surface area contributed by atoms with Gasteiger partial charge in [-0.3, -0.25) is 4.98 Å². The van der Waals surface area contributed by atoms with E-state index < -0.39 is 0 Å². The average Bonchev–Trinajstić information content (AvgIpc) is 2.49.